The van der Waals surface area contributed by atoms with Crippen LogP contribution in [-0.4, -0.2) is 62.6 Å². The predicted octanol–water partition coefficient (Wildman–Crippen LogP) is 1.60. The van der Waals surface area contributed by atoms with Crippen molar-refractivity contribution in [2.24, 2.45) is 0 Å². The third-order valence-corrected chi connectivity index (χ3v) is 3.71. The molecular weight excluding hydrogens is 252 g/mol. The van der Waals surface area contributed by atoms with Crippen LogP contribution in [0.15, 0.2) is 30.3 Å². The normalized spacial score (nSPS) is 16.2. The van der Waals surface area contributed by atoms with Crippen LogP contribution in [0.4, 0.5) is 5.69 Å². The zero-order chi connectivity index (χ0) is 14.0. The molecule has 0 aromatic heterocycles. The Bertz CT molecular complexity index is 353. The second kappa shape index (κ2) is 8.95. The molecule has 4 heteroatoms. The molecule has 112 valence electrons. The molecule has 0 bridgehead atoms. The highest BCUT2D eigenvalue weighted by molar-refractivity contribution is 5.45. The van der Waals surface area contributed by atoms with Crippen molar-refractivity contribution in [2.45, 2.75) is 12.8 Å². The second-order valence-corrected chi connectivity index (χ2v) is 5.21. The third-order valence-electron chi connectivity index (χ3n) is 3.71. The number of benzene rings is 1. The SMILES string of the molecule is OCCCN(CCCN1CCOCC1)c1ccccc1. The number of hydrogen-bond acceptors (Lipinski definition) is 4. The third kappa shape index (κ3) is 5.12. The Morgan fingerprint density at radius 1 is 1.05 bits per heavy atom. The minimum absolute atomic E-state index is 0.257. The average molecular weight is 278 g/mol. The Morgan fingerprint density at radius 3 is 2.45 bits per heavy atom. The number of hydrogen-bond donors (Lipinski definition) is 1. The smallest absolute Gasteiger partial charge is 0.0594 e. The van der Waals surface area contributed by atoms with Crippen LogP contribution in [0.5, 0.6) is 0 Å². The largest absolute Gasteiger partial charge is 0.396 e. The fraction of sp³-hybridized carbons (Fsp3) is 0.625. The van der Waals surface area contributed by atoms with E-state index in [-0.39, 0.29) is 6.61 Å². The summed E-state index contributed by atoms with van der Waals surface area (Å²) in [6, 6.07) is 10.5. The summed E-state index contributed by atoms with van der Waals surface area (Å²) >= 11 is 0. The molecule has 1 aliphatic rings. The second-order valence-electron chi connectivity index (χ2n) is 5.21. The Labute approximate surface area is 122 Å². The average Bonchev–Trinajstić information content (AvgIpc) is 2.52. The molecule has 1 saturated heterocycles. The Balaban J connectivity index is 1.78. The standard InChI is InChI=1S/C16H26N2O2/c19-13-5-10-18(16-6-2-1-3-7-16)9-4-8-17-11-14-20-15-12-17/h1-3,6-7,19H,4-5,8-15H2. The Morgan fingerprint density at radius 2 is 1.75 bits per heavy atom. The highest BCUT2D eigenvalue weighted by Crippen LogP contribution is 2.14. The van der Waals surface area contributed by atoms with Gasteiger partial charge in [0.15, 0.2) is 0 Å². The van der Waals surface area contributed by atoms with Crippen molar-refractivity contribution in [2.75, 3.05) is 57.4 Å². The molecule has 20 heavy (non-hydrogen) atoms. The van der Waals surface area contributed by atoms with E-state index in [1.54, 1.807) is 0 Å². The molecule has 0 saturated carbocycles. The molecule has 1 N–H and O–H groups in total. The summed E-state index contributed by atoms with van der Waals surface area (Å²) < 4.78 is 5.37. The van der Waals surface area contributed by atoms with Gasteiger partial charge in [-0.05, 0) is 25.0 Å². The first kappa shape index (κ1) is 15.3. The molecule has 0 amide bonds. The highest BCUT2D eigenvalue weighted by Gasteiger charge is 2.11. The molecule has 4 nitrogen and oxygen atoms in total. The molecule has 2 rings (SSSR count). The van der Waals surface area contributed by atoms with Crippen molar-refractivity contribution in [3.63, 3.8) is 0 Å². The molecule has 0 unspecified atom stereocenters. The van der Waals surface area contributed by atoms with Gasteiger partial charge in [-0.2, -0.15) is 0 Å². The topological polar surface area (TPSA) is 35.9 Å². The fourth-order valence-corrected chi connectivity index (χ4v) is 2.58. The number of aliphatic hydroxyl groups excluding tert-OH is 1. The lowest BCUT2D eigenvalue weighted by Gasteiger charge is -2.29. The zero-order valence-electron chi connectivity index (χ0n) is 12.2. The Kier molecular flexibility index (Phi) is 6.84. The van der Waals surface area contributed by atoms with E-state index in [1.807, 2.05) is 6.07 Å². The van der Waals surface area contributed by atoms with Gasteiger partial charge < -0.3 is 14.7 Å². The van der Waals surface area contributed by atoms with Gasteiger partial charge in [-0.3, -0.25) is 4.90 Å². The van der Waals surface area contributed by atoms with Crippen LogP contribution >= 0.6 is 0 Å². The van der Waals surface area contributed by atoms with Gasteiger partial charge in [0.1, 0.15) is 0 Å². The molecule has 1 aromatic rings. The van der Waals surface area contributed by atoms with Crippen molar-refractivity contribution < 1.29 is 9.84 Å². The summed E-state index contributed by atoms with van der Waals surface area (Å²) in [4.78, 5) is 4.84. The van der Waals surface area contributed by atoms with Crippen LogP contribution in [0.1, 0.15) is 12.8 Å². The van der Waals surface area contributed by atoms with Crippen molar-refractivity contribution in [3.8, 4) is 0 Å². The van der Waals surface area contributed by atoms with E-state index >= 15 is 0 Å². The van der Waals surface area contributed by atoms with Gasteiger partial charge in [-0.15, -0.1) is 0 Å². The van der Waals surface area contributed by atoms with E-state index in [2.05, 4.69) is 34.1 Å². The maximum atomic E-state index is 9.04. The lowest BCUT2D eigenvalue weighted by Crippen LogP contribution is -2.38. The van der Waals surface area contributed by atoms with Crippen LogP contribution in [0.3, 0.4) is 0 Å². The first-order valence-corrected chi connectivity index (χ1v) is 7.61. The summed E-state index contributed by atoms with van der Waals surface area (Å²) in [6.07, 6.45) is 1.98. The number of rotatable bonds is 8. The van der Waals surface area contributed by atoms with Crippen LogP contribution in [0.2, 0.25) is 0 Å². The number of nitrogens with zero attached hydrogens (tertiary/aromatic N) is 2. The van der Waals surface area contributed by atoms with Crippen molar-refractivity contribution >= 4 is 5.69 Å². The van der Waals surface area contributed by atoms with Gasteiger partial charge in [0.05, 0.1) is 13.2 Å². The fourth-order valence-electron chi connectivity index (χ4n) is 2.58. The number of para-hydroxylation sites is 1. The van der Waals surface area contributed by atoms with Crippen molar-refractivity contribution in [3.05, 3.63) is 30.3 Å². The van der Waals surface area contributed by atoms with Crippen LogP contribution in [0.25, 0.3) is 0 Å². The maximum Gasteiger partial charge on any atom is 0.0594 e. The summed E-state index contributed by atoms with van der Waals surface area (Å²) in [5.74, 6) is 0. The van der Waals surface area contributed by atoms with Gasteiger partial charge in [0.2, 0.25) is 0 Å². The summed E-state index contributed by atoms with van der Waals surface area (Å²) in [7, 11) is 0. The molecule has 1 aliphatic heterocycles. The molecular formula is C16H26N2O2. The van der Waals surface area contributed by atoms with Crippen molar-refractivity contribution in [1.82, 2.24) is 4.90 Å². The number of ether oxygens (including phenoxy) is 1. The molecule has 0 atom stereocenters. The molecule has 1 aromatic carbocycles. The van der Waals surface area contributed by atoms with Crippen LogP contribution in [0, 0.1) is 0 Å². The molecule has 0 aliphatic carbocycles. The monoisotopic (exact) mass is 278 g/mol. The minimum Gasteiger partial charge on any atom is -0.396 e. The molecule has 0 radical (unpaired) electrons. The van der Waals surface area contributed by atoms with Gasteiger partial charge in [0.25, 0.3) is 0 Å². The van der Waals surface area contributed by atoms with E-state index in [9.17, 15) is 0 Å². The maximum absolute atomic E-state index is 9.04. The van der Waals surface area contributed by atoms with Crippen LogP contribution in [-0.2, 0) is 4.74 Å². The summed E-state index contributed by atoms with van der Waals surface area (Å²) in [6.45, 7) is 7.20. The lowest BCUT2D eigenvalue weighted by molar-refractivity contribution is 0.0376. The molecule has 1 fully saturated rings. The zero-order valence-corrected chi connectivity index (χ0v) is 12.2. The van der Waals surface area contributed by atoms with E-state index in [0.29, 0.717) is 0 Å². The number of aliphatic hydroxyl groups is 1. The van der Waals surface area contributed by atoms with Gasteiger partial charge in [-0.1, -0.05) is 18.2 Å². The Hall–Kier alpha value is -1.10. The van der Waals surface area contributed by atoms with E-state index < -0.39 is 0 Å². The summed E-state index contributed by atoms with van der Waals surface area (Å²) in [5.41, 5.74) is 1.25. The quantitative estimate of drug-likeness (QED) is 0.783. The van der Waals surface area contributed by atoms with Crippen LogP contribution < -0.4 is 4.90 Å². The summed E-state index contributed by atoms with van der Waals surface area (Å²) in [5, 5.41) is 9.04. The van der Waals surface area contributed by atoms with Gasteiger partial charge in [0, 0.05) is 45.0 Å². The minimum atomic E-state index is 0.257. The molecule has 0 spiro atoms. The highest BCUT2D eigenvalue weighted by atomic mass is 16.5. The van der Waals surface area contributed by atoms with Gasteiger partial charge >= 0.3 is 0 Å². The van der Waals surface area contributed by atoms with E-state index in [0.717, 1.165) is 58.8 Å². The predicted molar refractivity (Wildman–Crippen MR) is 82.2 cm³/mol. The number of anilines is 1. The lowest BCUT2D eigenvalue weighted by atomic mass is 10.2. The first-order chi connectivity index (χ1) is 9.90. The van der Waals surface area contributed by atoms with E-state index in [4.69, 9.17) is 9.84 Å². The van der Waals surface area contributed by atoms with E-state index in [1.165, 1.54) is 5.69 Å². The van der Waals surface area contributed by atoms with Gasteiger partial charge in [-0.25, -0.2) is 0 Å². The van der Waals surface area contributed by atoms with Crippen molar-refractivity contribution in [1.29, 1.82) is 0 Å². The number of morpholine rings is 1. The molecule has 1 heterocycles. The first-order valence-electron chi connectivity index (χ1n) is 7.61.